The number of carboxylic acid groups (broad SMARTS) is 1. The first kappa shape index (κ1) is 16.8. The average Bonchev–Trinajstić information content (AvgIpc) is 2.64. The van der Waals surface area contributed by atoms with Gasteiger partial charge >= 0.3 is 13.2 Å². The van der Waals surface area contributed by atoms with Gasteiger partial charge in [0.25, 0.3) is 0 Å². The van der Waals surface area contributed by atoms with Gasteiger partial charge in [-0.2, -0.15) is 0 Å². The van der Waals surface area contributed by atoms with Gasteiger partial charge in [-0.25, -0.2) is 4.79 Å². The number of carbonyl (C=O) groups is 1. The molecule has 6 heteroatoms. The van der Waals surface area contributed by atoms with Crippen LogP contribution in [0.15, 0.2) is 30.3 Å². The second-order valence-corrected chi connectivity index (χ2v) is 6.70. The molecule has 0 radical (unpaired) electrons. The summed E-state index contributed by atoms with van der Waals surface area (Å²) in [5.74, 6) is -0.404. The van der Waals surface area contributed by atoms with Crippen LogP contribution in [0.1, 0.15) is 39.7 Å². The van der Waals surface area contributed by atoms with Gasteiger partial charge in [-0.3, -0.25) is 0 Å². The molecule has 1 aliphatic heterocycles. The van der Waals surface area contributed by atoms with Gasteiger partial charge in [0.05, 0.1) is 17.1 Å². The highest BCUT2D eigenvalue weighted by Crippen LogP contribution is 2.37. The highest BCUT2D eigenvalue weighted by molar-refractivity contribution is 6.47. The van der Waals surface area contributed by atoms with Crippen LogP contribution in [0.4, 0.5) is 4.79 Å². The third-order valence-electron chi connectivity index (χ3n) is 4.50. The summed E-state index contributed by atoms with van der Waals surface area (Å²) < 4.78 is 11.9. The normalized spacial score (nSPS) is 20.6. The first-order chi connectivity index (χ1) is 10.2. The van der Waals surface area contributed by atoms with Crippen molar-refractivity contribution in [3.8, 4) is 0 Å². The van der Waals surface area contributed by atoms with E-state index >= 15 is 0 Å². The number of hydrogen-bond acceptors (Lipinski definition) is 3. The number of nitrogens with one attached hydrogen (secondary N) is 1. The summed E-state index contributed by atoms with van der Waals surface area (Å²) in [6, 6.07) is 9.97. The van der Waals surface area contributed by atoms with Crippen molar-refractivity contribution in [2.24, 2.45) is 0 Å². The first-order valence-electron chi connectivity index (χ1n) is 7.60. The lowest BCUT2D eigenvalue weighted by molar-refractivity contribution is 0.00578. The van der Waals surface area contributed by atoms with Crippen molar-refractivity contribution in [3.63, 3.8) is 0 Å². The Morgan fingerprint density at radius 3 is 2.23 bits per heavy atom. The SMILES string of the molecule is CC1(C)OB(C(CCc2ccccc2)NC(=O)O)OC1(C)C. The third-order valence-corrected chi connectivity index (χ3v) is 4.50. The molecule has 1 aromatic rings. The quantitative estimate of drug-likeness (QED) is 0.821. The Kier molecular flexibility index (Phi) is 4.82. The first-order valence-corrected chi connectivity index (χ1v) is 7.60. The van der Waals surface area contributed by atoms with Crippen molar-refractivity contribution in [1.82, 2.24) is 5.32 Å². The number of benzene rings is 1. The second-order valence-electron chi connectivity index (χ2n) is 6.70. The van der Waals surface area contributed by atoms with Gasteiger partial charge < -0.3 is 19.7 Å². The smallest absolute Gasteiger partial charge is 0.465 e. The van der Waals surface area contributed by atoms with E-state index in [1.165, 1.54) is 0 Å². The van der Waals surface area contributed by atoms with E-state index in [4.69, 9.17) is 14.4 Å². The predicted octanol–water partition coefficient (Wildman–Crippen LogP) is 2.89. The molecule has 1 aliphatic rings. The van der Waals surface area contributed by atoms with Crippen LogP contribution in [0.2, 0.25) is 0 Å². The van der Waals surface area contributed by atoms with Gasteiger partial charge in [0.2, 0.25) is 0 Å². The van der Waals surface area contributed by atoms with Gasteiger partial charge in [0, 0.05) is 0 Å². The van der Waals surface area contributed by atoms with Crippen LogP contribution in [0, 0.1) is 0 Å². The molecule has 1 amide bonds. The summed E-state index contributed by atoms with van der Waals surface area (Å²) >= 11 is 0. The lowest BCUT2D eigenvalue weighted by Crippen LogP contribution is -2.47. The van der Waals surface area contributed by atoms with Crippen molar-refractivity contribution < 1.29 is 19.2 Å². The van der Waals surface area contributed by atoms with Gasteiger partial charge in [-0.05, 0) is 46.1 Å². The molecule has 1 heterocycles. The Hall–Kier alpha value is -1.53. The number of hydrogen-bond donors (Lipinski definition) is 2. The lowest BCUT2D eigenvalue weighted by atomic mass is 9.75. The van der Waals surface area contributed by atoms with E-state index in [1.807, 2.05) is 58.0 Å². The van der Waals surface area contributed by atoms with Gasteiger partial charge in [0.15, 0.2) is 0 Å². The number of aryl methyl sites for hydroxylation is 1. The van der Waals surface area contributed by atoms with Gasteiger partial charge in [-0.15, -0.1) is 0 Å². The molecular formula is C16H24BNO4. The Bertz CT molecular complexity index is 502. The zero-order valence-electron chi connectivity index (χ0n) is 13.6. The van der Waals surface area contributed by atoms with Crippen LogP contribution in [0.25, 0.3) is 0 Å². The molecule has 0 aromatic heterocycles. The summed E-state index contributed by atoms with van der Waals surface area (Å²) in [6.45, 7) is 7.84. The van der Waals surface area contributed by atoms with Crippen LogP contribution >= 0.6 is 0 Å². The van der Waals surface area contributed by atoms with E-state index < -0.39 is 30.4 Å². The van der Waals surface area contributed by atoms with Crippen LogP contribution in [-0.4, -0.2) is 35.5 Å². The van der Waals surface area contributed by atoms with Crippen molar-refractivity contribution in [3.05, 3.63) is 35.9 Å². The molecular weight excluding hydrogens is 281 g/mol. The standard InChI is InChI=1S/C16H24BNO4/c1-15(2)16(3,4)22-17(21-15)13(18-14(19)20)11-10-12-8-6-5-7-9-12/h5-9,13,18H,10-11H2,1-4H3,(H,19,20). The van der Waals surface area contributed by atoms with E-state index in [0.29, 0.717) is 6.42 Å². The monoisotopic (exact) mass is 305 g/mol. The zero-order chi connectivity index (χ0) is 16.4. The minimum absolute atomic E-state index is 0.404. The maximum absolute atomic E-state index is 11.1. The molecule has 22 heavy (non-hydrogen) atoms. The summed E-state index contributed by atoms with van der Waals surface area (Å²) in [4.78, 5) is 11.1. The van der Waals surface area contributed by atoms with Crippen LogP contribution < -0.4 is 5.32 Å². The zero-order valence-corrected chi connectivity index (χ0v) is 13.6. The molecule has 5 nitrogen and oxygen atoms in total. The highest BCUT2D eigenvalue weighted by atomic mass is 16.7. The maximum atomic E-state index is 11.1. The minimum atomic E-state index is -1.06. The Morgan fingerprint density at radius 2 is 1.73 bits per heavy atom. The number of rotatable bonds is 5. The summed E-state index contributed by atoms with van der Waals surface area (Å²) in [6.07, 6.45) is 0.316. The van der Waals surface area contributed by atoms with Crippen LogP contribution in [-0.2, 0) is 15.7 Å². The lowest BCUT2D eigenvalue weighted by Gasteiger charge is -2.32. The summed E-state index contributed by atoms with van der Waals surface area (Å²) in [5.41, 5.74) is 0.224. The van der Waals surface area contributed by atoms with Crippen molar-refractivity contribution in [2.45, 2.75) is 57.7 Å². The van der Waals surface area contributed by atoms with E-state index in [2.05, 4.69) is 5.32 Å². The van der Waals surface area contributed by atoms with Gasteiger partial charge in [0.1, 0.15) is 0 Å². The minimum Gasteiger partial charge on any atom is -0.465 e. The van der Waals surface area contributed by atoms with E-state index in [9.17, 15) is 4.79 Å². The summed E-state index contributed by atoms with van der Waals surface area (Å²) in [7, 11) is -0.579. The fourth-order valence-corrected chi connectivity index (χ4v) is 2.45. The van der Waals surface area contributed by atoms with Crippen molar-refractivity contribution >= 4 is 13.2 Å². The fourth-order valence-electron chi connectivity index (χ4n) is 2.45. The molecule has 0 aliphatic carbocycles. The summed E-state index contributed by atoms with van der Waals surface area (Å²) in [5, 5.41) is 11.6. The van der Waals surface area contributed by atoms with Crippen LogP contribution in [0.5, 0.6) is 0 Å². The van der Waals surface area contributed by atoms with Crippen LogP contribution in [0.3, 0.4) is 0 Å². The molecule has 1 aromatic carbocycles. The average molecular weight is 305 g/mol. The Labute approximate surface area is 132 Å². The predicted molar refractivity (Wildman–Crippen MR) is 85.8 cm³/mol. The fraction of sp³-hybridized carbons (Fsp3) is 0.562. The molecule has 0 saturated carbocycles. The maximum Gasteiger partial charge on any atom is 0.482 e. The molecule has 1 fully saturated rings. The van der Waals surface area contributed by atoms with Crippen molar-refractivity contribution in [2.75, 3.05) is 0 Å². The van der Waals surface area contributed by atoms with E-state index in [1.54, 1.807) is 0 Å². The molecule has 1 unspecified atom stereocenters. The van der Waals surface area contributed by atoms with Gasteiger partial charge in [-0.1, -0.05) is 30.3 Å². The highest BCUT2D eigenvalue weighted by Gasteiger charge is 2.54. The van der Waals surface area contributed by atoms with Crippen molar-refractivity contribution in [1.29, 1.82) is 0 Å². The third kappa shape index (κ3) is 3.81. The van der Waals surface area contributed by atoms with E-state index in [-0.39, 0.29) is 0 Å². The molecule has 2 N–H and O–H groups in total. The molecule has 1 saturated heterocycles. The molecule has 120 valence electrons. The molecule has 0 bridgehead atoms. The largest absolute Gasteiger partial charge is 0.482 e. The topological polar surface area (TPSA) is 67.8 Å². The molecule has 2 rings (SSSR count). The molecule has 0 spiro atoms. The van der Waals surface area contributed by atoms with E-state index in [0.717, 1.165) is 12.0 Å². The molecule has 1 atom stereocenters. The number of amides is 1. The Balaban J connectivity index is 2.05. The Morgan fingerprint density at radius 1 is 1.18 bits per heavy atom. The second kappa shape index (κ2) is 6.30.